The highest BCUT2D eigenvalue weighted by atomic mass is 19.1. The molecule has 0 spiro atoms. The molecule has 0 unspecified atom stereocenters. The Hall–Kier alpha value is -2.89. The van der Waals surface area contributed by atoms with E-state index in [4.69, 9.17) is 0 Å². The lowest BCUT2D eigenvalue weighted by atomic mass is 10.2. The molecule has 6 heteroatoms. The molecule has 1 aromatic heterocycles. The number of aromatic hydroxyl groups is 1. The summed E-state index contributed by atoms with van der Waals surface area (Å²) in [7, 11) is 0. The van der Waals surface area contributed by atoms with Crippen molar-refractivity contribution in [1.82, 2.24) is 10.2 Å². The molecule has 1 amide bonds. The van der Waals surface area contributed by atoms with Gasteiger partial charge in [-0.2, -0.15) is 5.10 Å². The Morgan fingerprint density at radius 2 is 2.10 bits per heavy atom. The van der Waals surface area contributed by atoms with E-state index in [-0.39, 0.29) is 17.1 Å². The number of phenolic OH excluding ortho intramolecular Hbond substituents is 1. The van der Waals surface area contributed by atoms with Gasteiger partial charge in [-0.05, 0) is 36.4 Å². The van der Waals surface area contributed by atoms with Gasteiger partial charge in [-0.1, -0.05) is 6.07 Å². The first-order valence-electron chi connectivity index (χ1n) is 5.87. The van der Waals surface area contributed by atoms with Gasteiger partial charge in [-0.3, -0.25) is 9.89 Å². The molecule has 0 aliphatic carbocycles. The van der Waals surface area contributed by atoms with E-state index in [1.54, 1.807) is 18.2 Å². The van der Waals surface area contributed by atoms with E-state index in [0.29, 0.717) is 10.9 Å². The maximum absolute atomic E-state index is 13.2. The SMILES string of the molecule is O=C(Nc1n[nH]c2ccc(F)cc12)c1cccc(O)c1. The summed E-state index contributed by atoms with van der Waals surface area (Å²) in [6, 6.07) is 10.1. The summed E-state index contributed by atoms with van der Waals surface area (Å²) in [5.41, 5.74) is 0.912. The first-order chi connectivity index (χ1) is 9.63. The molecule has 0 aliphatic heterocycles. The van der Waals surface area contributed by atoms with Gasteiger partial charge in [0.2, 0.25) is 0 Å². The van der Waals surface area contributed by atoms with Crippen LogP contribution in [0.5, 0.6) is 5.75 Å². The first kappa shape index (κ1) is 12.2. The molecular formula is C14H10FN3O2. The molecular weight excluding hydrogens is 261 g/mol. The lowest BCUT2D eigenvalue weighted by Crippen LogP contribution is -2.12. The molecule has 0 radical (unpaired) electrons. The number of H-pyrrole nitrogens is 1. The van der Waals surface area contributed by atoms with Gasteiger partial charge in [0.05, 0.1) is 5.52 Å². The third-order valence-corrected chi connectivity index (χ3v) is 2.87. The topological polar surface area (TPSA) is 78.0 Å². The fourth-order valence-electron chi connectivity index (χ4n) is 1.91. The van der Waals surface area contributed by atoms with Crippen LogP contribution in [0, 0.1) is 5.82 Å². The summed E-state index contributed by atoms with van der Waals surface area (Å²) in [6.45, 7) is 0. The number of hydrogen-bond acceptors (Lipinski definition) is 3. The van der Waals surface area contributed by atoms with Crippen molar-refractivity contribution < 1.29 is 14.3 Å². The number of aromatic nitrogens is 2. The Balaban J connectivity index is 1.93. The fourth-order valence-corrected chi connectivity index (χ4v) is 1.91. The number of amides is 1. The molecule has 0 bridgehead atoms. The van der Waals surface area contributed by atoms with Gasteiger partial charge in [0.1, 0.15) is 11.6 Å². The molecule has 5 nitrogen and oxygen atoms in total. The maximum atomic E-state index is 13.2. The third-order valence-electron chi connectivity index (χ3n) is 2.87. The normalized spacial score (nSPS) is 10.7. The Labute approximate surface area is 113 Å². The minimum Gasteiger partial charge on any atom is -0.508 e. The maximum Gasteiger partial charge on any atom is 0.257 e. The molecule has 1 heterocycles. The van der Waals surface area contributed by atoms with Gasteiger partial charge in [0.25, 0.3) is 5.91 Å². The van der Waals surface area contributed by atoms with Crippen LogP contribution < -0.4 is 5.32 Å². The van der Waals surface area contributed by atoms with Crippen molar-refractivity contribution in [3.8, 4) is 5.75 Å². The van der Waals surface area contributed by atoms with Crippen molar-refractivity contribution in [2.45, 2.75) is 0 Å². The Bertz CT molecular complexity index is 798. The van der Waals surface area contributed by atoms with Crippen LogP contribution in [0.4, 0.5) is 10.2 Å². The summed E-state index contributed by atoms with van der Waals surface area (Å²) >= 11 is 0. The lowest BCUT2D eigenvalue weighted by Gasteiger charge is -2.03. The van der Waals surface area contributed by atoms with Crippen LogP contribution in [0.15, 0.2) is 42.5 Å². The molecule has 0 aliphatic rings. The molecule has 3 N–H and O–H groups in total. The van der Waals surface area contributed by atoms with Crippen molar-refractivity contribution in [3.63, 3.8) is 0 Å². The largest absolute Gasteiger partial charge is 0.508 e. The highest BCUT2D eigenvalue weighted by Gasteiger charge is 2.12. The van der Waals surface area contributed by atoms with E-state index in [9.17, 15) is 14.3 Å². The number of fused-ring (bicyclic) bond motifs is 1. The molecule has 0 atom stereocenters. The summed E-state index contributed by atoms with van der Waals surface area (Å²) in [4.78, 5) is 12.0. The van der Waals surface area contributed by atoms with Gasteiger partial charge in [0, 0.05) is 10.9 Å². The number of anilines is 1. The van der Waals surface area contributed by atoms with Crippen LogP contribution >= 0.6 is 0 Å². The van der Waals surface area contributed by atoms with Crippen molar-refractivity contribution >= 4 is 22.6 Å². The predicted octanol–water partition coefficient (Wildman–Crippen LogP) is 2.66. The fraction of sp³-hybridized carbons (Fsp3) is 0. The molecule has 3 rings (SSSR count). The highest BCUT2D eigenvalue weighted by molar-refractivity contribution is 6.07. The minimum absolute atomic E-state index is 0.00409. The molecule has 2 aromatic carbocycles. The third kappa shape index (κ3) is 2.18. The van der Waals surface area contributed by atoms with Gasteiger partial charge in [-0.15, -0.1) is 0 Å². The lowest BCUT2D eigenvalue weighted by molar-refractivity contribution is 0.102. The Morgan fingerprint density at radius 1 is 1.25 bits per heavy atom. The Kier molecular flexibility index (Phi) is 2.83. The number of aromatic amines is 1. The summed E-state index contributed by atoms with van der Waals surface area (Å²) < 4.78 is 13.2. The van der Waals surface area contributed by atoms with Crippen molar-refractivity contribution in [1.29, 1.82) is 0 Å². The molecule has 0 saturated carbocycles. The van der Waals surface area contributed by atoms with Crippen LogP contribution in [0.2, 0.25) is 0 Å². The van der Waals surface area contributed by atoms with Crippen LogP contribution in [0.3, 0.4) is 0 Å². The predicted molar refractivity (Wildman–Crippen MR) is 72.1 cm³/mol. The number of nitrogens with zero attached hydrogens (tertiary/aromatic N) is 1. The van der Waals surface area contributed by atoms with Gasteiger partial charge >= 0.3 is 0 Å². The summed E-state index contributed by atoms with van der Waals surface area (Å²) in [5, 5.41) is 19.0. The zero-order chi connectivity index (χ0) is 14.1. The van der Waals surface area contributed by atoms with E-state index < -0.39 is 11.7 Å². The monoisotopic (exact) mass is 271 g/mol. The zero-order valence-electron chi connectivity index (χ0n) is 10.2. The van der Waals surface area contributed by atoms with E-state index in [1.165, 1.54) is 24.3 Å². The van der Waals surface area contributed by atoms with Gasteiger partial charge in [-0.25, -0.2) is 4.39 Å². The second kappa shape index (κ2) is 4.65. The van der Waals surface area contributed by atoms with Crippen molar-refractivity contribution in [2.75, 3.05) is 5.32 Å². The average Bonchev–Trinajstić information content (AvgIpc) is 2.81. The van der Waals surface area contributed by atoms with Crippen molar-refractivity contribution in [3.05, 3.63) is 53.8 Å². The van der Waals surface area contributed by atoms with E-state index >= 15 is 0 Å². The number of carbonyl (C=O) groups excluding carboxylic acids is 1. The van der Waals surface area contributed by atoms with Crippen LogP contribution in [0.25, 0.3) is 10.9 Å². The van der Waals surface area contributed by atoms with Crippen LogP contribution in [0.1, 0.15) is 10.4 Å². The van der Waals surface area contributed by atoms with E-state index in [0.717, 1.165) is 0 Å². The second-order valence-electron chi connectivity index (χ2n) is 4.27. The van der Waals surface area contributed by atoms with Crippen LogP contribution in [-0.4, -0.2) is 21.2 Å². The van der Waals surface area contributed by atoms with E-state index in [2.05, 4.69) is 15.5 Å². The Morgan fingerprint density at radius 3 is 2.90 bits per heavy atom. The smallest absolute Gasteiger partial charge is 0.257 e. The highest BCUT2D eigenvalue weighted by Crippen LogP contribution is 2.22. The average molecular weight is 271 g/mol. The second-order valence-corrected chi connectivity index (χ2v) is 4.27. The number of benzene rings is 2. The van der Waals surface area contributed by atoms with E-state index in [1.807, 2.05) is 0 Å². The van der Waals surface area contributed by atoms with Gasteiger partial charge < -0.3 is 10.4 Å². The number of phenols is 1. The molecule has 100 valence electrons. The zero-order valence-corrected chi connectivity index (χ0v) is 10.2. The number of halogens is 1. The number of hydrogen-bond donors (Lipinski definition) is 3. The molecule has 3 aromatic rings. The standard InChI is InChI=1S/C14H10FN3O2/c15-9-4-5-12-11(7-9)13(18-17-12)16-14(20)8-2-1-3-10(19)6-8/h1-7,19H,(H2,16,17,18,20). The van der Waals surface area contributed by atoms with Gasteiger partial charge in [0.15, 0.2) is 5.82 Å². The summed E-state index contributed by atoms with van der Waals surface area (Å²) in [6.07, 6.45) is 0. The quantitative estimate of drug-likeness (QED) is 0.670. The van der Waals surface area contributed by atoms with Crippen LogP contribution in [-0.2, 0) is 0 Å². The number of carbonyl (C=O) groups is 1. The molecule has 20 heavy (non-hydrogen) atoms. The molecule has 0 fully saturated rings. The molecule has 0 saturated heterocycles. The van der Waals surface area contributed by atoms with Crippen molar-refractivity contribution in [2.24, 2.45) is 0 Å². The summed E-state index contributed by atoms with van der Waals surface area (Å²) in [5.74, 6) is -0.603. The number of rotatable bonds is 2. The minimum atomic E-state index is -0.432. The first-order valence-corrected chi connectivity index (χ1v) is 5.87. The number of nitrogens with one attached hydrogen (secondary N) is 2.